The van der Waals surface area contributed by atoms with E-state index in [-0.39, 0.29) is 6.04 Å². The first-order valence-electron chi connectivity index (χ1n) is 5.58. The molecule has 0 aliphatic carbocycles. The molecule has 17 heavy (non-hydrogen) atoms. The highest BCUT2D eigenvalue weighted by atomic mass is 14.9. The third-order valence-corrected chi connectivity index (χ3v) is 2.95. The Morgan fingerprint density at radius 3 is 2.65 bits per heavy atom. The molecule has 1 atom stereocenters. The van der Waals surface area contributed by atoms with E-state index in [0.29, 0.717) is 0 Å². The summed E-state index contributed by atoms with van der Waals surface area (Å²) in [6.45, 7) is 0. The van der Waals surface area contributed by atoms with Crippen molar-refractivity contribution in [2.75, 3.05) is 0 Å². The molecule has 84 valence electrons. The number of benzene rings is 2. The summed E-state index contributed by atoms with van der Waals surface area (Å²) in [6, 6.07) is 14.3. The Kier molecular flexibility index (Phi) is 2.38. The lowest BCUT2D eigenvalue weighted by Gasteiger charge is -2.10. The maximum atomic E-state index is 6.16. The molecule has 0 bridgehead atoms. The molecule has 0 fully saturated rings. The second-order valence-electron chi connectivity index (χ2n) is 4.06. The van der Waals surface area contributed by atoms with E-state index in [1.54, 1.807) is 12.4 Å². The van der Waals surface area contributed by atoms with Crippen molar-refractivity contribution >= 4 is 10.8 Å². The van der Waals surface area contributed by atoms with Crippen molar-refractivity contribution in [3.05, 3.63) is 66.2 Å². The number of hydrogen-bond acceptors (Lipinski definition) is 2. The zero-order valence-electron chi connectivity index (χ0n) is 9.30. The molecule has 3 nitrogen and oxygen atoms in total. The molecule has 1 unspecified atom stereocenters. The standard InChI is InChI=1S/C14H13N3/c15-13(14-16-7-8-17-14)12-6-5-10-3-1-2-4-11(10)9-12/h1-9,13H,15H2,(H,16,17). The predicted octanol–water partition coefficient (Wildman–Crippen LogP) is 2.61. The quantitative estimate of drug-likeness (QED) is 0.701. The summed E-state index contributed by atoms with van der Waals surface area (Å²) >= 11 is 0. The lowest BCUT2D eigenvalue weighted by molar-refractivity contribution is 0.802. The minimum atomic E-state index is -0.199. The summed E-state index contributed by atoms with van der Waals surface area (Å²) in [7, 11) is 0. The number of imidazole rings is 1. The van der Waals surface area contributed by atoms with Gasteiger partial charge >= 0.3 is 0 Å². The number of nitrogens with two attached hydrogens (primary N) is 1. The van der Waals surface area contributed by atoms with Crippen LogP contribution in [0.2, 0.25) is 0 Å². The summed E-state index contributed by atoms with van der Waals surface area (Å²) in [5.74, 6) is 0.792. The molecule has 3 rings (SSSR count). The maximum Gasteiger partial charge on any atom is 0.127 e. The summed E-state index contributed by atoms with van der Waals surface area (Å²) in [4.78, 5) is 7.24. The summed E-state index contributed by atoms with van der Waals surface area (Å²) in [5, 5.41) is 2.43. The van der Waals surface area contributed by atoms with Crippen LogP contribution in [-0.4, -0.2) is 9.97 Å². The van der Waals surface area contributed by atoms with Crippen LogP contribution in [-0.2, 0) is 0 Å². The zero-order valence-corrected chi connectivity index (χ0v) is 9.30. The number of nitrogens with one attached hydrogen (secondary N) is 1. The highest BCUT2D eigenvalue weighted by molar-refractivity contribution is 5.83. The highest BCUT2D eigenvalue weighted by Crippen LogP contribution is 2.21. The van der Waals surface area contributed by atoms with Crippen molar-refractivity contribution in [3.8, 4) is 0 Å². The molecular weight excluding hydrogens is 210 g/mol. The van der Waals surface area contributed by atoms with Gasteiger partial charge in [0.05, 0.1) is 6.04 Å². The Hall–Kier alpha value is -2.13. The molecule has 3 N–H and O–H groups in total. The van der Waals surface area contributed by atoms with E-state index in [0.717, 1.165) is 11.4 Å². The number of H-pyrrole nitrogens is 1. The number of rotatable bonds is 2. The van der Waals surface area contributed by atoms with Crippen LogP contribution in [0.25, 0.3) is 10.8 Å². The van der Waals surface area contributed by atoms with Gasteiger partial charge in [0, 0.05) is 12.4 Å². The van der Waals surface area contributed by atoms with Crippen molar-refractivity contribution < 1.29 is 0 Å². The van der Waals surface area contributed by atoms with E-state index in [2.05, 4.69) is 40.3 Å². The molecule has 0 amide bonds. The van der Waals surface area contributed by atoms with E-state index in [1.807, 2.05) is 12.1 Å². The van der Waals surface area contributed by atoms with E-state index in [9.17, 15) is 0 Å². The third-order valence-electron chi connectivity index (χ3n) is 2.95. The SMILES string of the molecule is NC(c1ccc2ccccc2c1)c1ncc[nH]1. The van der Waals surface area contributed by atoms with Gasteiger partial charge < -0.3 is 10.7 Å². The molecule has 0 radical (unpaired) electrons. The van der Waals surface area contributed by atoms with Crippen LogP contribution in [0.1, 0.15) is 17.4 Å². The van der Waals surface area contributed by atoms with Crippen LogP contribution in [0.3, 0.4) is 0 Å². The van der Waals surface area contributed by atoms with Gasteiger partial charge in [-0.3, -0.25) is 0 Å². The van der Waals surface area contributed by atoms with Gasteiger partial charge in [-0.25, -0.2) is 4.98 Å². The first-order valence-corrected chi connectivity index (χ1v) is 5.58. The van der Waals surface area contributed by atoms with Crippen molar-refractivity contribution in [2.45, 2.75) is 6.04 Å². The van der Waals surface area contributed by atoms with Gasteiger partial charge in [0.2, 0.25) is 0 Å². The maximum absolute atomic E-state index is 6.16. The summed E-state index contributed by atoms with van der Waals surface area (Å²) < 4.78 is 0. The van der Waals surface area contributed by atoms with Crippen LogP contribution in [0.5, 0.6) is 0 Å². The number of hydrogen-bond donors (Lipinski definition) is 2. The van der Waals surface area contributed by atoms with Gasteiger partial charge in [0.15, 0.2) is 0 Å². The monoisotopic (exact) mass is 223 g/mol. The molecule has 1 heterocycles. The number of aromatic nitrogens is 2. The van der Waals surface area contributed by atoms with Gasteiger partial charge in [-0.15, -0.1) is 0 Å². The second kappa shape index (κ2) is 4.03. The topological polar surface area (TPSA) is 54.7 Å². The van der Waals surface area contributed by atoms with Gasteiger partial charge in [-0.05, 0) is 22.4 Å². The Morgan fingerprint density at radius 2 is 1.88 bits per heavy atom. The molecule has 2 aromatic carbocycles. The van der Waals surface area contributed by atoms with Crippen LogP contribution in [0, 0.1) is 0 Å². The first-order chi connectivity index (χ1) is 8.34. The van der Waals surface area contributed by atoms with Crippen LogP contribution in [0.15, 0.2) is 54.9 Å². The van der Waals surface area contributed by atoms with E-state index in [4.69, 9.17) is 5.73 Å². The normalized spacial score (nSPS) is 12.8. The van der Waals surface area contributed by atoms with Crippen LogP contribution in [0.4, 0.5) is 0 Å². The molecular formula is C14H13N3. The average molecular weight is 223 g/mol. The predicted molar refractivity (Wildman–Crippen MR) is 68.6 cm³/mol. The number of aromatic amines is 1. The molecule has 0 saturated heterocycles. The van der Waals surface area contributed by atoms with Gasteiger partial charge in [-0.1, -0.05) is 36.4 Å². The van der Waals surface area contributed by atoms with Gasteiger partial charge in [-0.2, -0.15) is 0 Å². The van der Waals surface area contributed by atoms with E-state index >= 15 is 0 Å². The molecule has 3 aromatic rings. The summed E-state index contributed by atoms with van der Waals surface area (Å²) in [5.41, 5.74) is 7.23. The average Bonchev–Trinajstić information content (AvgIpc) is 2.91. The molecule has 0 aliphatic heterocycles. The largest absolute Gasteiger partial charge is 0.347 e. The molecule has 0 saturated carbocycles. The molecule has 3 heteroatoms. The van der Waals surface area contributed by atoms with Crippen molar-refractivity contribution in [3.63, 3.8) is 0 Å². The van der Waals surface area contributed by atoms with Crippen LogP contribution >= 0.6 is 0 Å². The van der Waals surface area contributed by atoms with Crippen LogP contribution < -0.4 is 5.73 Å². The number of nitrogens with zero attached hydrogens (tertiary/aromatic N) is 1. The lowest BCUT2D eigenvalue weighted by atomic mass is 10.0. The number of fused-ring (bicyclic) bond motifs is 1. The van der Waals surface area contributed by atoms with Gasteiger partial charge in [0.1, 0.15) is 5.82 Å². The Morgan fingerprint density at radius 1 is 1.06 bits per heavy atom. The third kappa shape index (κ3) is 1.81. The first kappa shape index (κ1) is 10.1. The van der Waals surface area contributed by atoms with Gasteiger partial charge in [0.25, 0.3) is 0 Å². The fourth-order valence-corrected chi connectivity index (χ4v) is 2.01. The Labute approximate surface area is 99.3 Å². The Balaban J connectivity index is 2.06. The highest BCUT2D eigenvalue weighted by Gasteiger charge is 2.10. The van der Waals surface area contributed by atoms with Crippen molar-refractivity contribution in [2.24, 2.45) is 5.73 Å². The fraction of sp³-hybridized carbons (Fsp3) is 0.0714. The van der Waals surface area contributed by atoms with Crippen molar-refractivity contribution in [1.82, 2.24) is 9.97 Å². The van der Waals surface area contributed by atoms with E-state index < -0.39 is 0 Å². The lowest BCUT2D eigenvalue weighted by Crippen LogP contribution is -2.13. The summed E-state index contributed by atoms with van der Waals surface area (Å²) in [6.07, 6.45) is 3.51. The molecule has 0 spiro atoms. The minimum absolute atomic E-state index is 0.199. The minimum Gasteiger partial charge on any atom is -0.347 e. The fourth-order valence-electron chi connectivity index (χ4n) is 2.01. The van der Waals surface area contributed by atoms with E-state index in [1.165, 1.54) is 10.8 Å². The zero-order chi connectivity index (χ0) is 11.7. The second-order valence-corrected chi connectivity index (χ2v) is 4.06. The smallest absolute Gasteiger partial charge is 0.127 e. The molecule has 1 aromatic heterocycles. The molecule has 0 aliphatic rings. The Bertz CT molecular complexity index is 629. The van der Waals surface area contributed by atoms with Crippen molar-refractivity contribution in [1.29, 1.82) is 0 Å².